The van der Waals surface area contributed by atoms with E-state index >= 15 is 0 Å². The van der Waals surface area contributed by atoms with Crippen LogP contribution in [0.25, 0.3) is 10.9 Å². The molecule has 0 aliphatic carbocycles. The van der Waals surface area contributed by atoms with Crippen LogP contribution in [0.15, 0.2) is 24.4 Å². The number of aromatic nitrogens is 1. The smallest absolute Gasteiger partial charge is 0.227 e. The Morgan fingerprint density at radius 1 is 1.50 bits per heavy atom. The monoisotopic (exact) mass is 272 g/mol. The van der Waals surface area contributed by atoms with E-state index in [1.165, 1.54) is 5.56 Å². The number of aromatic amines is 1. The Hall–Kier alpha value is -1.81. The molecule has 0 saturated carbocycles. The summed E-state index contributed by atoms with van der Waals surface area (Å²) in [5.41, 5.74) is 3.31. The molecule has 1 aliphatic rings. The molecule has 1 aliphatic heterocycles. The van der Waals surface area contributed by atoms with Gasteiger partial charge in [0.15, 0.2) is 0 Å². The van der Waals surface area contributed by atoms with E-state index in [1.807, 2.05) is 23.2 Å². The third-order valence-corrected chi connectivity index (χ3v) is 4.25. The average Bonchev–Trinajstić information content (AvgIpc) is 3.06. The molecule has 4 heteroatoms. The number of benzene rings is 1. The Labute approximate surface area is 118 Å². The molecule has 1 amide bonds. The van der Waals surface area contributed by atoms with Crippen LogP contribution < -0.4 is 0 Å². The predicted octanol–water partition coefficient (Wildman–Crippen LogP) is 2.00. The highest BCUT2D eigenvalue weighted by Crippen LogP contribution is 2.24. The lowest BCUT2D eigenvalue weighted by Gasteiger charge is -2.23. The quantitative estimate of drug-likeness (QED) is 0.898. The standard InChI is InChI=1S/C16H20N2O2/c1-11-4-2-6-14-16(11)12(9-17-14)8-15(20)18-7-3-5-13(18)10-19/h2,4,6,9,13,17,19H,3,5,7-8,10H2,1H3/t13-/m0/s1. The summed E-state index contributed by atoms with van der Waals surface area (Å²) in [7, 11) is 0. The van der Waals surface area contributed by atoms with Crippen molar-refractivity contribution in [3.63, 3.8) is 0 Å². The lowest BCUT2D eigenvalue weighted by Crippen LogP contribution is -2.38. The molecule has 1 atom stereocenters. The molecule has 1 fully saturated rings. The Kier molecular flexibility index (Phi) is 3.49. The molecule has 4 nitrogen and oxygen atoms in total. The molecule has 0 spiro atoms. The summed E-state index contributed by atoms with van der Waals surface area (Å²) in [4.78, 5) is 17.5. The van der Waals surface area contributed by atoms with Crippen molar-refractivity contribution in [1.82, 2.24) is 9.88 Å². The highest BCUT2D eigenvalue weighted by Gasteiger charge is 2.28. The minimum absolute atomic E-state index is 0.00815. The number of aliphatic hydroxyl groups excluding tert-OH is 1. The van der Waals surface area contributed by atoms with Gasteiger partial charge in [0.2, 0.25) is 5.91 Å². The Morgan fingerprint density at radius 2 is 2.35 bits per heavy atom. The van der Waals surface area contributed by atoms with E-state index in [2.05, 4.69) is 18.0 Å². The van der Waals surface area contributed by atoms with Crippen molar-refractivity contribution in [1.29, 1.82) is 0 Å². The van der Waals surface area contributed by atoms with Crippen LogP contribution in [0.2, 0.25) is 0 Å². The molecule has 0 radical (unpaired) electrons. The number of carbonyl (C=O) groups is 1. The first-order valence-electron chi connectivity index (χ1n) is 7.16. The van der Waals surface area contributed by atoms with Crippen molar-refractivity contribution in [3.05, 3.63) is 35.5 Å². The maximum Gasteiger partial charge on any atom is 0.227 e. The van der Waals surface area contributed by atoms with Gasteiger partial charge in [0.05, 0.1) is 19.1 Å². The van der Waals surface area contributed by atoms with Gasteiger partial charge >= 0.3 is 0 Å². The van der Waals surface area contributed by atoms with Gasteiger partial charge in [-0.05, 0) is 37.0 Å². The fourth-order valence-corrected chi connectivity index (χ4v) is 3.21. The van der Waals surface area contributed by atoms with Crippen molar-refractivity contribution < 1.29 is 9.90 Å². The zero-order chi connectivity index (χ0) is 14.1. The molecular formula is C16H20N2O2. The summed E-state index contributed by atoms with van der Waals surface area (Å²) in [5.74, 6) is 0.116. The molecule has 1 aromatic heterocycles. The van der Waals surface area contributed by atoms with Gasteiger partial charge in [-0.1, -0.05) is 12.1 Å². The van der Waals surface area contributed by atoms with Crippen molar-refractivity contribution >= 4 is 16.8 Å². The van der Waals surface area contributed by atoms with Crippen LogP contribution in [0.4, 0.5) is 0 Å². The number of H-pyrrole nitrogens is 1. The number of amides is 1. The van der Waals surface area contributed by atoms with E-state index in [4.69, 9.17) is 0 Å². The van der Waals surface area contributed by atoms with E-state index in [1.54, 1.807) is 0 Å². The van der Waals surface area contributed by atoms with Crippen LogP contribution in [-0.2, 0) is 11.2 Å². The van der Waals surface area contributed by atoms with Gasteiger partial charge in [-0.25, -0.2) is 0 Å². The average molecular weight is 272 g/mol. The van der Waals surface area contributed by atoms with Crippen molar-refractivity contribution in [2.75, 3.05) is 13.2 Å². The van der Waals surface area contributed by atoms with Crippen LogP contribution in [0, 0.1) is 6.92 Å². The molecule has 1 saturated heterocycles. The second-order valence-electron chi connectivity index (χ2n) is 5.55. The predicted molar refractivity (Wildman–Crippen MR) is 78.6 cm³/mol. The van der Waals surface area contributed by atoms with Gasteiger partial charge in [-0.3, -0.25) is 4.79 Å². The minimum atomic E-state index is 0.00815. The number of hydrogen-bond acceptors (Lipinski definition) is 2. The number of hydrogen-bond donors (Lipinski definition) is 2. The first-order valence-corrected chi connectivity index (χ1v) is 7.16. The van der Waals surface area contributed by atoms with Crippen molar-refractivity contribution in [2.45, 2.75) is 32.2 Å². The summed E-state index contributed by atoms with van der Waals surface area (Å²) in [6, 6.07) is 6.12. The summed E-state index contributed by atoms with van der Waals surface area (Å²) in [6.45, 7) is 2.90. The normalized spacial score (nSPS) is 18.9. The number of rotatable bonds is 3. The summed E-state index contributed by atoms with van der Waals surface area (Å²) in [5, 5.41) is 10.5. The van der Waals surface area contributed by atoms with Gasteiger partial charge in [-0.15, -0.1) is 0 Å². The van der Waals surface area contributed by atoms with Crippen LogP contribution in [0.1, 0.15) is 24.0 Å². The third kappa shape index (κ3) is 2.20. The van der Waals surface area contributed by atoms with Gasteiger partial charge in [0.1, 0.15) is 0 Å². The number of carbonyl (C=O) groups excluding carboxylic acids is 1. The van der Waals surface area contributed by atoms with Crippen molar-refractivity contribution in [2.24, 2.45) is 0 Å². The van der Waals surface area contributed by atoms with Crippen molar-refractivity contribution in [3.8, 4) is 0 Å². The van der Waals surface area contributed by atoms with Gasteiger partial charge < -0.3 is 15.0 Å². The van der Waals surface area contributed by atoms with E-state index in [9.17, 15) is 9.90 Å². The second-order valence-corrected chi connectivity index (χ2v) is 5.55. The van der Waals surface area contributed by atoms with E-state index in [0.717, 1.165) is 35.9 Å². The number of aryl methyl sites for hydroxylation is 1. The number of aliphatic hydroxyl groups is 1. The largest absolute Gasteiger partial charge is 0.394 e. The topological polar surface area (TPSA) is 56.3 Å². The zero-order valence-electron chi connectivity index (χ0n) is 11.7. The fourth-order valence-electron chi connectivity index (χ4n) is 3.21. The van der Waals surface area contributed by atoms with E-state index in [0.29, 0.717) is 6.42 Å². The first-order chi connectivity index (χ1) is 9.70. The number of nitrogens with zero attached hydrogens (tertiary/aromatic N) is 1. The van der Waals surface area contributed by atoms with Crippen LogP contribution in [-0.4, -0.2) is 40.1 Å². The Morgan fingerprint density at radius 3 is 3.15 bits per heavy atom. The summed E-state index contributed by atoms with van der Waals surface area (Å²) >= 11 is 0. The lowest BCUT2D eigenvalue weighted by molar-refractivity contribution is -0.131. The molecule has 2 N–H and O–H groups in total. The molecule has 106 valence electrons. The molecule has 2 heterocycles. The SMILES string of the molecule is Cc1cccc2[nH]cc(CC(=O)N3CCC[C@H]3CO)c12. The minimum Gasteiger partial charge on any atom is -0.394 e. The highest BCUT2D eigenvalue weighted by molar-refractivity contribution is 5.91. The third-order valence-electron chi connectivity index (χ3n) is 4.25. The molecule has 20 heavy (non-hydrogen) atoms. The first kappa shape index (κ1) is 13.2. The summed E-state index contributed by atoms with van der Waals surface area (Å²) in [6.07, 6.45) is 4.24. The number of likely N-dealkylation sites (tertiary alicyclic amines) is 1. The molecule has 3 rings (SSSR count). The Balaban J connectivity index is 1.84. The maximum atomic E-state index is 12.4. The second kappa shape index (κ2) is 5.29. The molecule has 0 bridgehead atoms. The lowest BCUT2D eigenvalue weighted by atomic mass is 10.0. The summed E-state index contributed by atoms with van der Waals surface area (Å²) < 4.78 is 0. The fraction of sp³-hybridized carbons (Fsp3) is 0.438. The molecular weight excluding hydrogens is 252 g/mol. The van der Waals surface area contributed by atoms with Gasteiger partial charge in [0.25, 0.3) is 0 Å². The molecule has 2 aromatic rings. The Bertz CT molecular complexity index is 632. The highest BCUT2D eigenvalue weighted by atomic mass is 16.3. The number of nitrogens with one attached hydrogen (secondary N) is 1. The van der Waals surface area contributed by atoms with Crippen LogP contribution in [0.5, 0.6) is 0 Å². The van der Waals surface area contributed by atoms with Crippen LogP contribution >= 0.6 is 0 Å². The molecule has 0 unspecified atom stereocenters. The maximum absolute atomic E-state index is 12.4. The zero-order valence-corrected chi connectivity index (χ0v) is 11.7. The van der Waals surface area contributed by atoms with Gasteiger partial charge in [0, 0.05) is 23.6 Å². The van der Waals surface area contributed by atoms with E-state index < -0.39 is 0 Å². The molecule has 1 aromatic carbocycles. The van der Waals surface area contributed by atoms with E-state index in [-0.39, 0.29) is 18.6 Å². The number of fused-ring (bicyclic) bond motifs is 1. The van der Waals surface area contributed by atoms with Crippen LogP contribution in [0.3, 0.4) is 0 Å². The van der Waals surface area contributed by atoms with Gasteiger partial charge in [-0.2, -0.15) is 0 Å².